The Kier molecular flexibility index (Phi) is 5.43. The highest BCUT2D eigenvalue weighted by molar-refractivity contribution is 6.10. The highest BCUT2D eigenvalue weighted by Crippen LogP contribution is 2.32. The maximum atomic E-state index is 10.3. The second kappa shape index (κ2) is 8.67. The highest BCUT2D eigenvalue weighted by atomic mass is 16.5. The van der Waals surface area contributed by atoms with E-state index in [1.807, 2.05) is 65.3 Å². The van der Waals surface area contributed by atoms with Crippen LogP contribution < -0.4 is 14.8 Å². The van der Waals surface area contributed by atoms with Crippen LogP contribution in [0.2, 0.25) is 0 Å². The second-order valence-corrected chi connectivity index (χ2v) is 7.40. The van der Waals surface area contributed by atoms with Crippen LogP contribution in [0.15, 0.2) is 73.2 Å². The lowest BCUT2D eigenvalue weighted by molar-refractivity contribution is 0.106. The molecule has 31 heavy (non-hydrogen) atoms. The number of rotatable bonds is 9. The number of benzene rings is 2. The van der Waals surface area contributed by atoms with Crippen LogP contribution in [-0.4, -0.2) is 51.9 Å². The number of imidazole rings is 1. The number of hydrogen-bond acceptors (Lipinski definition) is 5. The first-order chi connectivity index (χ1) is 15.3. The van der Waals surface area contributed by atoms with Gasteiger partial charge in [0.05, 0.1) is 5.52 Å². The van der Waals surface area contributed by atoms with E-state index in [1.54, 1.807) is 6.20 Å². The lowest BCUT2D eigenvalue weighted by Crippen LogP contribution is -2.33. The summed E-state index contributed by atoms with van der Waals surface area (Å²) in [6.07, 6.45) is 4.93. The van der Waals surface area contributed by atoms with Crippen LogP contribution in [0.4, 0.5) is 0 Å². The number of nitrogens with zero attached hydrogens (tertiary/aromatic N) is 2. The van der Waals surface area contributed by atoms with E-state index < -0.39 is 6.10 Å². The van der Waals surface area contributed by atoms with E-state index in [4.69, 9.17) is 9.47 Å². The summed E-state index contributed by atoms with van der Waals surface area (Å²) < 4.78 is 13.7. The molecule has 7 nitrogen and oxygen atoms in total. The van der Waals surface area contributed by atoms with Crippen LogP contribution in [0.5, 0.6) is 11.5 Å². The number of aromatic nitrogens is 3. The number of ether oxygens (including phenoxy) is 2. The minimum Gasteiger partial charge on any atom is -0.490 e. The Balaban J connectivity index is 1.12. The first-order valence-corrected chi connectivity index (χ1v) is 10.3. The van der Waals surface area contributed by atoms with Gasteiger partial charge in [0.1, 0.15) is 25.1 Å². The molecule has 0 spiro atoms. The van der Waals surface area contributed by atoms with Gasteiger partial charge in [0.25, 0.3) is 0 Å². The molecule has 0 aliphatic rings. The van der Waals surface area contributed by atoms with E-state index >= 15 is 0 Å². The minimum atomic E-state index is -0.629. The Morgan fingerprint density at radius 3 is 2.81 bits per heavy atom. The van der Waals surface area contributed by atoms with Crippen molar-refractivity contribution in [1.29, 1.82) is 0 Å². The van der Waals surface area contributed by atoms with Crippen molar-refractivity contribution in [3.05, 3.63) is 73.2 Å². The first kappa shape index (κ1) is 19.4. The number of nitrogens with one attached hydrogen (secondary N) is 2. The molecule has 5 aromatic rings. The van der Waals surface area contributed by atoms with Crippen LogP contribution in [0.1, 0.15) is 0 Å². The van der Waals surface area contributed by atoms with Crippen LogP contribution >= 0.6 is 0 Å². The van der Waals surface area contributed by atoms with Gasteiger partial charge in [0, 0.05) is 48.0 Å². The predicted molar refractivity (Wildman–Crippen MR) is 121 cm³/mol. The van der Waals surface area contributed by atoms with Crippen molar-refractivity contribution in [2.45, 2.75) is 6.10 Å². The fraction of sp³-hybridized carbons (Fsp3) is 0.208. The highest BCUT2D eigenvalue weighted by Gasteiger charge is 2.11. The number of aromatic amines is 1. The van der Waals surface area contributed by atoms with E-state index in [1.165, 1.54) is 0 Å². The molecule has 2 aromatic carbocycles. The Bertz CT molecular complexity index is 1310. The number of pyridine rings is 1. The smallest absolute Gasteiger partial charge is 0.179 e. The third kappa shape index (κ3) is 4.05. The molecule has 1 unspecified atom stereocenters. The van der Waals surface area contributed by atoms with Crippen molar-refractivity contribution in [3.63, 3.8) is 0 Å². The molecule has 3 N–H and O–H groups in total. The Morgan fingerprint density at radius 1 is 0.968 bits per heavy atom. The average Bonchev–Trinajstić information content (AvgIpc) is 3.42. The number of H-pyrrole nitrogens is 1. The standard InChI is InChI=1S/C24H24N4O3/c29-17(15-25-11-14-30-22-9-4-12-28-13-10-26-24(22)28)16-31-21-8-3-7-20-23(21)18-5-1-2-6-19(18)27-20/h1-10,12-13,17,25,27,29H,11,14-16H2. The van der Waals surface area contributed by atoms with Crippen molar-refractivity contribution in [1.82, 2.24) is 19.7 Å². The van der Waals surface area contributed by atoms with Crippen LogP contribution in [0.25, 0.3) is 27.5 Å². The van der Waals surface area contributed by atoms with Crippen molar-refractivity contribution in [2.24, 2.45) is 0 Å². The topological polar surface area (TPSA) is 83.8 Å². The monoisotopic (exact) mass is 416 g/mol. The molecule has 0 amide bonds. The summed E-state index contributed by atoms with van der Waals surface area (Å²) in [7, 11) is 0. The molecular formula is C24H24N4O3. The Hall–Kier alpha value is -3.55. The largest absolute Gasteiger partial charge is 0.490 e. The van der Waals surface area contributed by atoms with E-state index in [0.717, 1.165) is 39.0 Å². The third-order valence-electron chi connectivity index (χ3n) is 5.22. The molecule has 0 radical (unpaired) electrons. The molecule has 3 heterocycles. The molecule has 0 bridgehead atoms. The molecule has 5 rings (SSSR count). The minimum absolute atomic E-state index is 0.208. The molecule has 0 saturated heterocycles. The van der Waals surface area contributed by atoms with Crippen LogP contribution in [0.3, 0.4) is 0 Å². The van der Waals surface area contributed by atoms with Gasteiger partial charge in [0.2, 0.25) is 0 Å². The summed E-state index contributed by atoms with van der Waals surface area (Å²) >= 11 is 0. The van der Waals surface area contributed by atoms with E-state index in [9.17, 15) is 5.11 Å². The van der Waals surface area contributed by atoms with Crippen molar-refractivity contribution in [2.75, 3.05) is 26.3 Å². The maximum absolute atomic E-state index is 10.3. The SMILES string of the molecule is OC(CNCCOc1cccn2ccnc12)COc1cccc2[nH]c3ccccc3c12. The van der Waals surface area contributed by atoms with Crippen molar-refractivity contribution in [3.8, 4) is 11.5 Å². The second-order valence-electron chi connectivity index (χ2n) is 7.40. The van der Waals surface area contributed by atoms with Crippen LogP contribution in [-0.2, 0) is 0 Å². The van der Waals surface area contributed by atoms with Gasteiger partial charge in [-0.05, 0) is 30.3 Å². The summed E-state index contributed by atoms with van der Waals surface area (Å²) in [5, 5.41) is 15.7. The summed E-state index contributed by atoms with van der Waals surface area (Å²) in [6, 6.07) is 17.9. The van der Waals surface area contributed by atoms with E-state index in [0.29, 0.717) is 19.7 Å². The van der Waals surface area contributed by atoms with Crippen molar-refractivity contribution >= 4 is 27.5 Å². The number of hydrogen-bond donors (Lipinski definition) is 3. The summed E-state index contributed by atoms with van der Waals surface area (Å²) in [5.41, 5.74) is 2.89. The summed E-state index contributed by atoms with van der Waals surface area (Å²) in [5.74, 6) is 1.51. The number of fused-ring (bicyclic) bond motifs is 4. The normalized spacial score (nSPS) is 12.5. The van der Waals surface area contributed by atoms with Gasteiger partial charge >= 0.3 is 0 Å². The number of aliphatic hydroxyl groups is 1. The van der Waals surface area contributed by atoms with Gasteiger partial charge in [-0.25, -0.2) is 4.98 Å². The lowest BCUT2D eigenvalue weighted by atomic mass is 10.1. The maximum Gasteiger partial charge on any atom is 0.179 e. The van der Waals surface area contributed by atoms with Gasteiger partial charge in [-0.1, -0.05) is 24.3 Å². The van der Waals surface area contributed by atoms with Crippen LogP contribution in [0, 0.1) is 0 Å². The van der Waals surface area contributed by atoms with E-state index in [2.05, 4.69) is 21.4 Å². The zero-order valence-electron chi connectivity index (χ0n) is 17.0. The molecule has 1 atom stereocenters. The molecule has 3 aromatic heterocycles. The van der Waals surface area contributed by atoms with E-state index in [-0.39, 0.29) is 6.61 Å². The molecule has 0 fully saturated rings. The summed E-state index contributed by atoms with van der Waals surface area (Å²) in [6.45, 7) is 1.71. The Labute approximate surface area is 179 Å². The van der Waals surface area contributed by atoms with Gasteiger partial charge < -0.3 is 29.3 Å². The summed E-state index contributed by atoms with van der Waals surface area (Å²) in [4.78, 5) is 7.70. The number of aliphatic hydroxyl groups excluding tert-OH is 1. The first-order valence-electron chi connectivity index (χ1n) is 10.3. The fourth-order valence-electron chi connectivity index (χ4n) is 3.77. The van der Waals surface area contributed by atoms with Gasteiger partial charge in [-0.3, -0.25) is 0 Å². The molecule has 0 aliphatic heterocycles. The van der Waals surface area contributed by atoms with Gasteiger partial charge in [-0.2, -0.15) is 0 Å². The molecule has 0 aliphatic carbocycles. The average molecular weight is 416 g/mol. The zero-order chi connectivity index (χ0) is 21.0. The molecule has 158 valence electrons. The quantitative estimate of drug-likeness (QED) is 0.321. The van der Waals surface area contributed by atoms with Gasteiger partial charge in [-0.15, -0.1) is 0 Å². The van der Waals surface area contributed by atoms with Gasteiger partial charge in [0.15, 0.2) is 11.4 Å². The Morgan fingerprint density at radius 2 is 1.84 bits per heavy atom. The fourth-order valence-corrected chi connectivity index (χ4v) is 3.77. The molecular weight excluding hydrogens is 392 g/mol. The third-order valence-corrected chi connectivity index (χ3v) is 5.22. The lowest BCUT2D eigenvalue weighted by Gasteiger charge is -2.14. The molecule has 0 saturated carbocycles. The predicted octanol–water partition coefficient (Wildman–Crippen LogP) is 3.38. The molecule has 7 heteroatoms. The van der Waals surface area contributed by atoms with Crippen molar-refractivity contribution < 1.29 is 14.6 Å². The number of para-hydroxylation sites is 1. The zero-order valence-corrected chi connectivity index (χ0v) is 17.0.